The van der Waals surface area contributed by atoms with E-state index < -0.39 is 0 Å². The van der Waals surface area contributed by atoms with Crippen molar-refractivity contribution >= 4 is 23.1 Å². The van der Waals surface area contributed by atoms with Crippen LogP contribution in [0.1, 0.15) is 25.0 Å². The topological polar surface area (TPSA) is 9.23 Å². The number of fused-ring (bicyclic) bond motifs is 4. The summed E-state index contributed by atoms with van der Waals surface area (Å²) < 4.78 is 6.76. The van der Waals surface area contributed by atoms with Crippen molar-refractivity contribution in [2.45, 2.75) is 19.3 Å². The molecule has 1 nitrogen and oxygen atoms in total. The van der Waals surface area contributed by atoms with E-state index in [9.17, 15) is 0 Å². The maximum absolute atomic E-state index is 6.76. The third kappa shape index (κ3) is 3.03. The van der Waals surface area contributed by atoms with Crippen LogP contribution < -0.4 is 21.1 Å². The average molecular weight is 448 g/mol. The number of benzene rings is 5. The zero-order chi connectivity index (χ0) is 23.6. The summed E-state index contributed by atoms with van der Waals surface area (Å²) in [5.74, 6) is 1.93. The third-order valence-electron chi connectivity index (χ3n) is 7.81. The molecule has 0 N–H and O–H groups in total. The van der Waals surface area contributed by atoms with Gasteiger partial charge in [-0.25, -0.2) is 0 Å². The third-order valence-corrected chi connectivity index (χ3v) is 7.81. The fourth-order valence-electron chi connectivity index (χ4n) is 6.05. The highest BCUT2D eigenvalue weighted by molar-refractivity contribution is 6.98. The molecule has 0 saturated heterocycles. The standard InChI is InChI=1S/C33H25BO/c1-33(2)26-15-9-10-16-28(26)34-29-18-17-24(22-11-5-3-6-12-22)20-30(29)35-31-21-25(19-27(33)32(31)34)23-13-7-4-8-14-23/h3-21H,1-2H3. The van der Waals surface area contributed by atoms with Crippen LogP contribution >= 0.6 is 0 Å². The predicted octanol–water partition coefficient (Wildman–Crippen LogP) is 6.28. The molecule has 2 aliphatic rings. The molecule has 166 valence electrons. The van der Waals surface area contributed by atoms with Crippen molar-refractivity contribution in [3.05, 3.63) is 126 Å². The van der Waals surface area contributed by atoms with E-state index in [1.807, 2.05) is 0 Å². The summed E-state index contributed by atoms with van der Waals surface area (Å²) >= 11 is 0. The lowest BCUT2D eigenvalue weighted by Gasteiger charge is -2.42. The molecule has 0 atom stereocenters. The summed E-state index contributed by atoms with van der Waals surface area (Å²) in [5.41, 5.74) is 11.4. The Morgan fingerprint density at radius 1 is 0.514 bits per heavy atom. The Morgan fingerprint density at radius 2 is 1.14 bits per heavy atom. The molecule has 0 spiro atoms. The molecule has 0 aromatic heterocycles. The quantitative estimate of drug-likeness (QED) is 0.283. The Labute approximate surface area is 207 Å². The first-order valence-electron chi connectivity index (χ1n) is 12.3. The first kappa shape index (κ1) is 20.3. The van der Waals surface area contributed by atoms with E-state index in [4.69, 9.17) is 4.74 Å². The van der Waals surface area contributed by atoms with Gasteiger partial charge in [0.2, 0.25) is 0 Å². The maximum atomic E-state index is 6.76. The Hall–Kier alpha value is -4.04. The van der Waals surface area contributed by atoms with E-state index >= 15 is 0 Å². The second kappa shape index (κ2) is 7.48. The molecule has 2 aliphatic heterocycles. The molecule has 0 amide bonds. The second-order valence-electron chi connectivity index (χ2n) is 10.2. The number of rotatable bonds is 2. The van der Waals surface area contributed by atoms with Gasteiger partial charge < -0.3 is 4.74 Å². The van der Waals surface area contributed by atoms with Gasteiger partial charge in [0.25, 0.3) is 6.71 Å². The minimum absolute atomic E-state index is 0.118. The molecule has 0 radical (unpaired) electrons. The largest absolute Gasteiger partial charge is 0.458 e. The molecule has 5 aromatic rings. The summed E-state index contributed by atoms with van der Waals surface area (Å²) in [7, 11) is 0. The molecule has 0 saturated carbocycles. The molecular formula is C33H25BO. The highest BCUT2D eigenvalue weighted by atomic mass is 16.5. The van der Waals surface area contributed by atoms with Crippen molar-refractivity contribution < 1.29 is 4.74 Å². The van der Waals surface area contributed by atoms with Crippen molar-refractivity contribution in [1.29, 1.82) is 0 Å². The fraction of sp³-hybridized carbons (Fsp3) is 0.0909. The van der Waals surface area contributed by atoms with Crippen molar-refractivity contribution in [1.82, 2.24) is 0 Å². The summed E-state index contributed by atoms with van der Waals surface area (Å²) in [4.78, 5) is 0. The summed E-state index contributed by atoms with van der Waals surface area (Å²) in [5, 5.41) is 0. The lowest BCUT2D eigenvalue weighted by atomic mass is 9.30. The highest BCUT2D eigenvalue weighted by Crippen LogP contribution is 2.41. The molecule has 0 fully saturated rings. The van der Waals surface area contributed by atoms with Gasteiger partial charge >= 0.3 is 0 Å². The lowest BCUT2D eigenvalue weighted by Crippen LogP contribution is -2.62. The first-order valence-corrected chi connectivity index (χ1v) is 12.3. The molecular weight excluding hydrogens is 423 g/mol. The van der Waals surface area contributed by atoms with Crippen LogP contribution in [-0.2, 0) is 5.41 Å². The number of ether oxygens (including phenoxy) is 1. The van der Waals surface area contributed by atoms with E-state index in [-0.39, 0.29) is 12.1 Å². The van der Waals surface area contributed by atoms with E-state index in [2.05, 4.69) is 129 Å². The van der Waals surface area contributed by atoms with Gasteiger partial charge in [-0.15, -0.1) is 0 Å². The van der Waals surface area contributed by atoms with E-state index in [0.29, 0.717) is 0 Å². The molecule has 5 aromatic carbocycles. The fourth-order valence-corrected chi connectivity index (χ4v) is 6.05. The van der Waals surface area contributed by atoms with Gasteiger partial charge in [-0.3, -0.25) is 0 Å². The van der Waals surface area contributed by atoms with Gasteiger partial charge in [-0.05, 0) is 56.4 Å². The van der Waals surface area contributed by atoms with Crippen LogP contribution in [0.5, 0.6) is 11.5 Å². The Balaban J connectivity index is 1.50. The van der Waals surface area contributed by atoms with Crippen molar-refractivity contribution in [2.24, 2.45) is 0 Å². The Kier molecular flexibility index (Phi) is 4.35. The van der Waals surface area contributed by atoms with Gasteiger partial charge in [-0.1, -0.05) is 122 Å². The molecule has 0 unspecified atom stereocenters. The summed E-state index contributed by atoms with van der Waals surface area (Å²) in [6.07, 6.45) is 0. The van der Waals surface area contributed by atoms with Crippen LogP contribution in [0, 0.1) is 0 Å². The van der Waals surface area contributed by atoms with E-state index in [1.54, 1.807) is 0 Å². The van der Waals surface area contributed by atoms with Crippen LogP contribution in [0.3, 0.4) is 0 Å². The van der Waals surface area contributed by atoms with Gasteiger partial charge in [0.1, 0.15) is 11.5 Å². The van der Waals surface area contributed by atoms with Gasteiger partial charge in [0.15, 0.2) is 0 Å². The minimum Gasteiger partial charge on any atom is -0.458 e. The number of hydrogen-bond donors (Lipinski definition) is 0. The monoisotopic (exact) mass is 448 g/mol. The Bertz CT molecular complexity index is 1590. The zero-order valence-corrected chi connectivity index (χ0v) is 20.0. The van der Waals surface area contributed by atoms with Crippen molar-refractivity contribution in [2.75, 3.05) is 0 Å². The summed E-state index contributed by atoms with van der Waals surface area (Å²) in [6, 6.07) is 41.5. The summed E-state index contributed by atoms with van der Waals surface area (Å²) in [6.45, 7) is 4.86. The van der Waals surface area contributed by atoms with E-state index in [0.717, 1.165) is 11.5 Å². The molecule has 7 rings (SSSR count). The molecule has 2 heterocycles. The molecule has 2 heteroatoms. The van der Waals surface area contributed by atoms with Crippen LogP contribution in [0.2, 0.25) is 0 Å². The average Bonchev–Trinajstić information content (AvgIpc) is 2.91. The van der Waals surface area contributed by atoms with Gasteiger partial charge in [-0.2, -0.15) is 0 Å². The van der Waals surface area contributed by atoms with Crippen LogP contribution in [0.25, 0.3) is 22.3 Å². The minimum atomic E-state index is -0.118. The van der Waals surface area contributed by atoms with Gasteiger partial charge in [0, 0.05) is 5.41 Å². The predicted molar refractivity (Wildman–Crippen MR) is 147 cm³/mol. The SMILES string of the molecule is CC1(C)c2ccccc2B2c3ccc(-c4ccccc4)cc3Oc3cc(-c4ccccc4)cc1c32. The van der Waals surface area contributed by atoms with Crippen LogP contribution in [0.4, 0.5) is 0 Å². The zero-order valence-electron chi connectivity index (χ0n) is 20.0. The number of hydrogen-bond acceptors (Lipinski definition) is 1. The van der Waals surface area contributed by atoms with Crippen LogP contribution in [0.15, 0.2) is 115 Å². The normalized spacial score (nSPS) is 14.4. The van der Waals surface area contributed by atoms with Gasteiger partial charge in [0.05, 0.1) is 0 Å². The first-order chi connectivity index (χ1) is 17.1. The van der Waals surface area contributed by atoms with Crippen molar-refractivity contribution in [3.63, 3.8) is 0 Å². The molecule has 0 bridgehead atoms. The Morgan fingerprint density at radius 3 is 1.89 bits per heavy atom. The lowest BCUT2D eigenvalue weighted by molar-refractivity contribution is 0.485. The maximum Gasteiger partial charge on any atom is 0.251 e. The molecule has 0 aliphatic carbocycles. The van der Waals surface area contributed by atoms with Crippen molar-refractivity contribution in [3.8, 4) is 33.8 Å². The second-order valence-corrected chi connectivity index (χ2v) is 10.2. The van der Waals surface area contributed by atoms with Crippen LogP contribution in [-0.4, -0.2) is 6.71 Å². The smallest absolute Gasteiger partial charge is 0.251 e. The van der Waals surface area contributed by atoms with E-state index in [1.165, 1.54) is 49.8 Å². The highest BCUT2D eigenvalue weighted by Gasteiger charge is 2.45. The molecule has 35 heavy (non-hydrogen) atoms.